The van der Waals surface area contributed by atoms with Gasteiger partial charge in [-0.3, -0.25) is 4.98 Å². The van der Waals surface area contributed by atoms with Crippen LogP contribution in [0.4, 0.5) is 16.0 Å². The van der Waals surface area contributed by atoms with Crippen LogP contribution >= 0.6 is 0 Å². The lowest BCUT2D eigenvalue weighted by atomic mass is 10.1. The summed E-state index contributed by atoms with van der Waals surface area (Å²) in [7, 11) is 0. The molecule has 0 bridgehead atoms. The highest BCUT2D eigenvalue weighted by Gasteiger charge is 2.14. The Balaban J connectivity index is 1.77. The Bertz CT molecular complexity index is 1210. The lowest BCUT2D eigenvalue weighted by Crippen LogP contribution is -2.00. The third kappa shape index (κ3) is 3.16. The number of aromatic nitrogens is 4. The van der Waals surface area contributed by atoms with E-state index in [1.165, 1.54) is 18.2 Å². The maximum atomic E-state index is 14.1. The molecular weight excluding hydrogens is 355 g/mol. The molecule has 1 aromatic carbocycles. The number of hydrogen-bond donors (Lipinski definition) is 1. The van der Waals surface area contributed by atoms with Crippen LogP contribution in [0.25, 0.3) is 22.2 Å². The molecule has 28 heavy (non-hydrogen) atoms. The van der Waals surface area contributed by atoms with Gasteiger partial charge >= 0.3 is 0 Å². The number of nitrogens with zero attached hydrogens (tertiary/aromatic N) is 5. The first kappa shape index (κ1) is 17.6. The van der Waals surface area contributed by atoms with E-state index < -0.39 is 5.82 Å². The van der Waals surface area contributed by atoms with Gasteiger partial charge in [0.25, 0.3) is 0 Å². The summed E-state index contributed by atoms with van der Waals surface area (Å²) < 4.78 is 16.2. The second-order valence-corrected chi connectivity index (χ2v) is 6.63. The molecule has 0 saturated carbocycles. The fraction of sp³-hybridized carbons (Fsp3) is 0.143. The minimum atomic E-state index is -0.476. The zero-order chi connectivity index (χ0) is 19.7. The lowest BCUT2D eigenvalue weighted by Gasteiger charge is -2.08. The number of halogens is 1. The van der Waals surface area contributed by atoms with Crippen molar-refractivity contribution in [1.82, 2.24) is 19.5 Å². The molecule has 0 aliphatic carbocycles. The van der Waals surface area contributed by atoms with Gasteiger partial charge in [-0.25, -0.2) is 14.4 Å². The van der Waals surface area contributed by atoms with Crippen LogP contribution in [0, 0.1) is 17.1 Å². The molecule has 3 heterocycles. The van der Waals surface area contributed by atoms with Crippen molar-refractivity contribution in [3.8, 4) is 17.3 Å². The smallest absolute Gasteiger partial charge is 0.227 e. The molecule has 3 aromatic heterocycles. The Morgan fingerprint density at radius 1 is 1.18 bits per heavy atom. The van der Waals surface area contributed by atoms with Crippen molar-refractivity contribution >= 4 is 22.5 Å². The quantitative estimate of drug-likeness (QED) is 0.555. The molecule has 0 atom stereocenters. The van der Waals surface area contributed by atoms with Crippen LogP contribution in [0.1, 0.15) is 25.5 Å². The molecule has 0 spiro atoms. The van der Waals surface area contributed by atoms with Crippen LogP contribution in [0.2, 0.25) is 0 Å². The summed E-state index contributed by atoms with van der Waals surface area (Å²) in [6.45, 7) is 4.21. The molecule has 4 rings (SSSR count). The predicted molar refractivity (Wildman–Crippen MR) is 106 cm³/mol. The Kier molecular flexibility index (Phi) is 4.45. The SMILES string of the molecule is CC(C)n1cc(-c2ccnc(Nc3cc(C#N)ccc3F)n2)c2ccncc21. The molecular formula is C21H17FN6. The van der Waals surface area contributed by atoms with Crippen LogP contribution in [0.5, 0.6) is 0 Å². The first-order valence-electron chi connectivity index (χ1n) is 8.81. The predicted octanol–water partition coefficient (Wildman–Crippen LogP) is 4.83. The van der Waals surface area contributed by atoms with E-state index in [1.807, 2.05) is 30.6 Å². The molecule has 0 radical (unpaired) electrons. The molecule has 0 amide bonds. The van der Waals surface area contributed by atoms with E-state index in [0.717, 1.165) is 16.5 Å². The second-order valence-electron chi connectivity index (χ2n) is 6.63. The third-order valence-corrected chi connectivity index (χ3v) is 4.47. The summed E-state index contributed by atoms with van der Waals surface area (Å²) in [5.41, 5.74) is 3.19. The Morgan fingerprint density at radius 3 is 2.82 bits per heavy atom. The minimum Gasteiger partial charge on any atom is -0.343 e. The van der Waals surface area contributed by atoms with E-state index in [9.17, 15) is 4.39 Å². The van der Waals surface area contributed by atoms with Crippen molar-refractivity contribution in [2.45, 2.75) is 19.9 Å². The standard InChI is InChI=1S/C21H17FN6/c1-13(2)28-12-16(15-5-7-24-11-20(15)28)18-6-8-25-21(26-18)27-19-9-14(10-23)3-4-17(19)22/h3-9,11-13H,1-2H3,(H,25,26,27). The molecule has 6 nitrogen and oxygen atoms in total. The van der Waals surface area contributed by atoms with Crippen LogP contribution in [-0.4, -0.2) is 19.5 Å². The molecule has 0 saturated heterocycles. The van der Waals surface area contributed by atoms with Crippen LogP contribution in [-0.2, 0) is 0 Å². The van der Waals surface area contributed by atoms with E-state index in [2.05, 4.69) is 38.7 Å². The van der Waals surface area contributed by atoms with Crippen molar-refractivity contribution in [2.24, 2.45) is 0 Å². The van der Waals surface area contributed by atoms with Gasteiger partial charge in [0, 0.05) is 35.6 Å². The zero-order valence-corrected chi connectivity index (χ0v) is 15.4. The first-order valence-corrected chi connectivity index (χ1v) is 8.81. The summed E-state index contributed by atoms with van der Waals surface area (Å²) in [4.78, 5) is 13.0. The van der Waals surface area contributed by atoms with Gasteiger partial charge in [-0.15, -0.1) is 0 Å². The van der Waals surface area contributed by atoms with Gasteiger partial charge in [0.05, 0.1) is 34.7 Å². The van der Waals surface area contributed by atoms with Crippen molar-refractivity contribution in [1.29, 1.82) is 5.26 Å². The highest BCUT2D eigenvalue weighted by molar-refractivity contribution is 5.94. The molecule has 4 aromatic rings. The molecule has 7 heteroatoms. The third-order valence-electron chi connectivity index (χ3n) is 4.47. The summed E-state index contributed by atoms with van der Waals surface area (Å²) in [6.07, 6.45) is 7.25. The van der Waals surface area contributed by atoms with Crippen LogP contribution in [0.3, 0.4) is 0 Å². The number of nitrogens with one attached hydrogen (secondary N) is 1. The number of pyridine rings is 1. The summed E-state index contributed by atoms with van der Waals surface area (Å²) in [5, 5.41) is 12.9. The van der Waals surface area contributed by atoms with Crippen LogP contribution < -0.4 is 5.32 Å². The topological polar surface area (TPSA) is 79.4 Å². The normalized spacial score (nSPS) is 11.0. The zero-order valence-electron chi connectivity index (χ0n) is 15.4. The van der Waals surface area contributed by atoms with Crippen molar-refractivity contribution < 1.29 is 4.39 Å². The number of hydrogen-bond acceptors (Lipinski definition) is 5. The van der Waals surface area contributed by atoms with E-state index >= 15 is 0 Å². The highest BCUT2D eigenvalue weighted by atomic mass is 19.1. The van der Waals surface area contributed by atoms with E-state index in [4.69, 9.17) is 5.26 Å². The molecule has 0 fully saturated rings. The fourth-order valence-electron chi connectivity index (χ4n) is 3.11. The van der Waals surface area contributed by atoms with Crippen molar-refractivity contribution in [2.75, 3.05) is 5.32 Å². The summed E-state index contributed by atoms with van der Waals surface area (Å²) >= 11 is 0. The van der Waals surface area contributed by atoms with Gasteiger partial charge < -0.3 is 9.88 Å². The Labute approximate surface area is 161 Å². The first-order chi connectivity index (χ1) is 13.6. The van der Waals surface area contributed by atoms with Gasteiger partial charge in [0.2, 0.25) is 5.95 Å². The van der Waals surface area contributed by atoms with Gasteiger partial charge in [-0.2, -0.15) is 5.26 Å². The second kappa shape index (κ2) is 7.08. The van der Waals surface area contributed by atoms with Gasteiger partial charge in [-0.05, 0) is 44.2 Å². The largest absolute Gasteiger partial charge is 0.343 e. The lowest BCUT2D eigenvalue weighted by molar-refractivity contribution is 0.622. The van der Waals surface area contributed by atoms with Gasteiger partial charge in [0.1, 0.15) is 5.82 Å². The molecule has 138 valence electrons. The highest BCUT2D eigenvalue weighted by Crippen LogP contribution is 2.31. The molecule has 0 aliphatic heterocycles. The van der Waals surface area contributed by atoms with E-state index in [1.54, 1.807) is 12.4 Å². The van der Waals surface area contributed by atoms with Crippen molar-refractivity contribution in [3.05, 3.63) is 66.5 Å². The molecule has 0 aliphatic rings. The molecule has 1 N–H and O–H groups in total. The van der Waals surface area contributed by atoms with Gasteiger partial charge in [-0.1, -0.05) is 0 Å². The summed E-state index contributed by atoms with van der Waals surface area (Å²) in [5.74, 6) is -0.221. The number of benzene rings is 1. The Hall–Kier alpha value is -3.79. The van der Waals surface area contributed by atoms with Crippen LogP contribution in [0.15, 0.2) is 55.1 Å². The Morgan fingerprint density at radius 2 is 2.04 bits per heavy atom. The number of rotatable bonds is 4. The molecule has 0 unspecified atom stereocenters. The number of anilines is 2. The monoisotopic (exact) mass is 372 g/mol. The average molecular weight is 372 g/mol. The number of nitriles is 1. The van der Waals surface area contributed by atoms with E-state index in [0.29, 0.717) is 11.3 Å². The fourth-order valence-corrected chi connectivity index (χ4v) is 3.11. The van der Waals surface area contributed by atoms with E-state index in [-0.39, 0.29) is 17.7 Å². The summed E-state index contributed by atoms with van der Waals surface area (Å²) in [6, 6.07) is 10.1. The van der Waals surface area contributed by atoms with Crippen molar-refractivity contribution in [3.63, 3.8) is 0 Å². The number of fused-ring (bicyclic) bond motifs is 1. The maximum absolute atomic E-state index is 14.1. The maximum Gasteiger partial charge on any atom is 0.227 e. The van der Waals surface area contributed by atoms with Gasteiger partial charge in [0.15, 0.2) is 0 Å². The minimum absolute atomic E-state index is 0.157. The average Bonchev–Trinajstić information content (AvgIpc) is 3.10.